The molecule has 5 nitrogen and oxygen atoms in total. The first-order valence-corrected chi connectivity index (χ1v) is 6.27. The van der Waals surface area contributed by atoms with Crippen LogP contribution in [0.15, 0.2) is 18.2 Å². The van der Waals surface area contributed by atoms with E-state index in [1.165, 1.54) is 25.3 Å². The maximum absolute atomic E-state index is 13.2. The number of aliphatic carboxylic acids is 1. The van der Waals surface area contributed by atoms with Crippen LogP contribution >= 0.6 is 0 Å². The van der Waals surface area contributed by atoms with Crippen LogP contribution in [0, 0.1) is 11.7 Å². The first-order valence-electron chi connectivity index (χ1n) is 6.27. The van der Waals surface area contributed by atoms with Crippen LogP contribution in [0.3, 0.4) is 0 Å². The molecule has 6 heteroatoms. The molecule has 0 radical (unpaired) electrons. The molecule has 1 aromatic carbocycles. The Morgan fingerprint density at radius 3 is 2.75 bits per heavy atom. The second kappa shape index (κ2) is 7.47. The van der Waals surface area contributed by atoms with Gasteiger partial charge >= 0.3 is 5.97 Å². The monoisotopic (exact) mass is 283 g/mol. The van der Waals surface area contributed by atoms with Crippen LogP contribution in [0.25, 0.3) is 0 Å². The SMILES string of the molecule is COc1cc(C(=O)NCC(C)CCC(=O)O)ccc1F. The Labute approximate surface area is 116 Å². The van der Waals surface area contributed by atoms with E-state index in [2.05, 4.69) is 5.32 Å². The van der Waals surface area contributed by atoms with Crippen molar-refractivity contribution in [2.24, 2.45) is 5.92 Å². The van der Waals surface area contributed by atoms with Crippen LogP contribution in [-0.2, 0) is 4.79 Å². The molecule has 0 aliphatic rings. The van der Waals surface area contributed by atoms with Gasteiger partial charge in [-0.05, 0) is 30.5 Å². The first-order chi connectivity index (χ1) is 9.43. The summed E-state index contributed by atoms with van der Waals surface area (Å²) in [7, 11) is 1.33. The fourth-order valence-electron chi connectivity index (χ4n) is 1.64. The summed E-state index contributed by atoms with van der Waals surface area (Å²) in [6.07, 6.45) is 0.559. The van der Waals surface area contributed by atoms with E-state index in [1.54, 1.807) is 0 Å². The highest BCUT2D eigenvalue weighted by atomic mass is 19.1. The quantitative estimate of drug-likeness (QED) is 0.803. The number of methoxy groups -OCH3 is 1. The van der Waals surface area contributed by atoms with E-state index >= 15 is 0 Å². The number of nitrogens with one attached hydrogen (secondary N) is 1. The summed E-state index contributed by atoms with van der Waals surface area (Å²) in [6, 6.07) is 3.86. The molecule has 2 N–H and O–H groups in total. The summed E-state index contributed by atoms with van der Waals surface area (Å²) in [5.41, 5.74) is 0.300. The van der Waals surface area contributed by atoms with Gasteiger partial charge in [0, 0.05) is 18.5 Å². The minimum Gasteiger partial charge on any atom is -0.494 e. The highest BCUT2D eigenvalue weighted by molar-refractivity contribution is 5.94. The van der Waals surface area contributed by atoms with Crippen molar-refractivity contribution in [2.45, 2.75) is 19.8 Å². The number of carbonyl (C=O) groups excluding carboxylic acids is 1. The van der Waals surface area contributed by atoms with Crippen molar-refractivity contribution in [3.8, 4) is 5.75 Å². The first kappa shape index (κ1) is 15.9. The highest BCUT2D eigenvalue weighted by Crippen LogP contribution is 2.18. The van der Waals surface area contributed by atoms with Gasteiger partial charge in [0.25, 0.3) is 5.91 Å². The number of carbonyl (C=O) groups is 2. The molecule has 110 valence electrons. The Balaban J connectivity index is 2.52. The van der Waals surface area contributed by atoms with Gasteiger partial charge in [-0.1, -0.05) is 6.92 Å². The van der Waals surface area contributed by atoms with Crippen LogP contribution in [0.1, 0.15) is 30.1 Å². The predicted molar refractivity (Wildman–Crippen MR) is 71.3 cm³/mol. The van der Waals surface area contributed by atoms with Crippen molar-refractivity contribution in [3.63, 3.8) is 0 Å². The lowest BCUT2D eigenvalue weighted by molar-refractivity contribution is -0.137. The molecule has 0 heterocycles. The normalized spacial score (nSPS) is 11.8. The van der Waals surface area contributed by atoms with Crippen molar-refractivity contribution in [3.05, 3.63) is 29.6 Å². The lowest BCUT2D eigenvalue weighted by Crippen LogP contribution is -2.28. The predicted octanol–water partition coefficient (Wildman–Crippen LogP) is 2.06. The number of ether oxygens (including phenoxy) is 1. The van der Waals surface area contributed by atoms with E-state index in [1.807, 2.05) is 6.92 Å². The average Bonchev–Trinajstić information content (AvgIpc) is 2.42. The Kier molecular flexibility index (Phi) is 5.96. The second-order valence-electron chi connectivity index (χ2n) is 4.60. The van der Waals surface area contributed by atoms with Gasteiger partial charge < -0.3 is 15.2 Å². The smallest absolute Gasteiger partial charge is 0.303 e. The van der Waals surface area contributed by atoms with Crippen LogP contribution in [0.4, 0.5) is 4.39 Å². The van der Waals surface area contributed by atoms with E-state index in [4.69, 9.17) is 9.84 Å². The number of benzene rings is 1. The Bertz CT molecular complexity index is 490. The van der Waals surface area contributed by atoms with Crippen molar-refractivity contribution < 1.29 is 23.8 Å². The van der Waals surface area contributed by atoms with Crippen molar-refractivity contribution >= 4 is 11.9 Å². The van der Waals surface area contributed by atoms with Crippen LogP contribution in [0.2, 0.25) is 0 Å². The van der Waals surface area contributed by atoms with Crippen molar-refractivity contribution in [1.82, 2.24) is 5.32 Å². The molecule has 1 amide bonds. The van der Waals surface area contributed by atoms with Crippen LogP contribution < -0.4 is 10.1 Å². The fraction of sp³-hybridized carbons (Fsp3) is 0.429. The minimum absolute atomic E-state index is 0.0107. The summed E-state index contributed by atoms with van der Waals surface area (Å²) in [4.78, 5) is 22.3. The molecule has 0 saturated heterocycles. The molecule has 0 aliphatic carbocycles. The molecule has 0 aliphatic heterocycles. The summed E-state index contributed by atoms with van der Waals surface area (Å²) >= 11 is 0. The van der Waals surface area contributed by atoms with Crippen LogP contribution in [-0.4, -0.2) is 30.6 Å². The number of halogens is 1. The minimum atomic E-state index is -0.855. The number of hydrogen-bond donors (Lipinski definition) is 2. The third-order valence-corrected chi connectivity index (χ3v) is 2.88. The molecule has 0 saturated carbocycles. The van der Waals surface area contributed by atoms with E-state index in [-0.39, 0.29) is 24.0 Å². The van der Waals surface area contributed by atoms with Gasteiger partial charge in [0.15, 0.2) is 11.6 Å². The molecule has 1 atom stereocenters. The van der Waals surface area contributed by atoms with Crippen molar-refractivity contribution in [2.75, 3.05) is 13.7 Å². The standard InChI is InChI=1S/C14H18FNO4/c1-9(3-6-13(17)18)8-16-14(19)10-4-5-11(15)12(7-10)20-2/h4-5,7,9H,3,6,8H2,1-2H3,(H,16,19)(H,17,18). The summed E-state index contributed by atoms with van der Waals surface area (Å²) in [6.45, 7) is 2.22. The molecular formula is C14H18FNO4. The Morgan fingerprint density at radius 2 is 2.15 bits per heavy atom. The van der Waals surface area contributed by atoms with E-state index in [9.17, 15) is 14.0 Å². The molecule has 1 rings (SSSR count). The third-order valence-electron chi connectivity index (χ3n) is 2.88. The van der Waals surface area contributed by atoms with E-state index in [0.29, 0.717) is 18.5 Å². The average molecular weight is 283 g/mol. The van der Waals surface area contributed by atoms with Gasteiger partial charge in [0.2, 0.25) is 0 Å². The molecule has 20 heavy (non-hydrogen) atoms. The molecule has 0 bridgehead atoms. The van der Waals surface area contributed by atoms with E-state index in [0.717, 1.165) is 0 Å². The zero-order valence-corrected chi connectivity index (χ0v) is 11.5. The maximum Gasteiger partial charge on any atom is 0.303 e. The summed E-state index contributed by atoms with van der Waals surface area (Å²) in [5.74, 6) is -1.66. The summed E-state index contributed by atoms with van der Waals surface area (Å²) in [5, 5.41) is 11.2. The van der Waals surface area contributed by atoms with Gasteiger partial charge in [-0.25, -0.2) is 4.39 Å². The highest BCUT2D eigenvalue weighted by Gasteiger charge is 2.12. The zero-order chi connectivity index (χ0) is 15.1. The topological polar surface area (TPSA) is 75.6 Å². The third kappa shape index (κ3) is 4.87. The summed E-state index contributed by atoms with van der Waals surface area (Å²) < 4.78 is 18.0. The molecule has 0 spiro atoms. The zero-order valence-electron chi connectivity index (χ0n) is 11.5. The Morgan fingerprint density at radius 1 is 1.45 bits per heavy atom. The van der Waals surface area contributed by atoms with E-state index < -0.39 is 11.8 Å². The maximum atomic E-state index is 13.2. The number of amides is 1. The fourth-order valence-corrected chi connectivity index (χ4v) is 1.64. The largest absolute Gasteiger partial charge is 0.494 e. The van der Waals surface area contributed by atoms with Gasteiger partial charge in [-0.2, -0.15) is 0 Å². The number of carboxylic acids is 1. The lowest BCUT2D eigenvalue weighted by atomic mass is 10.1. The van der Waals surface area contributed by atoms with Gasteiger partial charge in [0.1, 0.15) is 0 Å². The number of hydrogen-bond acceptors (Lipinski definition) is 3. The van der Waals surface area contributed by atoms with Gasteiger partial charge in [-0.3, -0.25) is 9.59 Å². The second-order valence-corrected chi connectivity index (χ2v) is 4.60. The molecule has 0 fully saturated rings. The van der Waals surface area contributed by atoms with Crippen LogP contribution in [0.5, 0.6) is 5.75 Å². The molecule has 1 aromatic rings. The lowest BCUT2D eigenvalue weighted by Gasteiger charge is -2.12. The number of carboxylic acid groups (broad SMARTS) is 1. The van der Waals surface area contributed by atoms with Crippen molar-refractivity contribution in [1.29, 1.82) is 0 Å². The Hall–Kier alpha value is -2.11. The molecular weight excluding hydrogens is 265 g/mol. The van der Waals surface area contributed by atoms with Gasteiger partial charge in [-0.15, -0.1) is 0 Å². The molecule has 0 aromatic heterocycles. The number of rotatable bonds is 7. The van der Waals surface area contributed by atoms with Gasteiger partial charge in [0.05, 0.1) is 7.11 Å². The molecule has 1 unspecified atom stereocenters.